The fourth-order valence-electron chi connectivity index (χ4n) is 2.33. The Labute approximate surface area is 99.9 Å². The Morgan fingerprint density at radius 1 is 1.59 bits per heavy atom. The van der Waals surface area contributed by atoms with Gasteiger partial charge < -0.3 is 5.11 Å². The smallest absolute Gasteiger partial charge is 0.320 e. The van der Waals surface area contributed by atoms with Gasteiger partial charge in [0.1, 0.15) is 11.9 Å². The van der Waals surface area contributed by atoms with Gasteiger partial charge in [0.15, 0.2) is 0 Å². The summed E-state index contributed by atoms with van der Waals surface area (Å²) in [6.07, 6.45) is 1.62. The quantitative estimate of drug-likeness (QED) is 0.876. The normalized spacial score (nSPS) is 20.7. The Kier molecular flexibility index (Phi) is 3.43. The van der Waals surface area contributed by atoms with Gasteiger partial charge in [-0.3, -0.25) is 9.69 Å². The van der Waals surface area contributed by atoms with E-state index in [0.717, 1.165) is 18.5 Å². The number of hydrogen-bond acceptors (Lipinski definition) is 2. The second-order valence-electron chi connectivity index (χ2n) is 4.55. The zero-order valence-corrected chi connectivity index (χ0v) is 9.82. The maximum atomic E-state index is 13.1. The molecule has 1 saturated heterocycles. The van der Waals surface area contributed by atoms with E-state index in [1.165, 1.54) is 6.07 Å². The molecule has 0 spiro atoms. The largest absolute Gasteiger partial charge is 0.480 e. The van der Waals surface area contributed by atoms with Crippen molar-refractivity contribution < 1.29 is 14.3 Å². The van der Waals surface area contributed by atoms with E-state index in [-0.39, 0.29) is 11.9 Å². The second kappa shape index (κ2) is 4.84. The van der Waals surface area contributed by atoms with Crippen molar-refractivity contribution in [3.8, 4) is 0 Å². The van der Waals surface area contributed by atoms with Gasteiger partial charge in [-0.15, -0.1) is 0 Å². The highest BCUT2D eigenvalue weighted by atomic mass is 19.1. The number of carbonyl (C=O) groups is 1. The molecule has 1 aromatic rings. The maximum absolute atomic E-state index is 13.1. The molecule has 0 aromatic heterocycles. The van der Waals surface area contributed by atoms with Crippen molar-refractivity contribution in [2.75, 3.05) is 6.54 Å². The number of rotatable bonds is 3. The molecule has 1 heterocycles. The lowest BCUT2D eigenvalue weighted by Crippen LogP contribution is -2.35. The van der Waals surface area contributed by atoms with Crippen molar-refractivity contribution in [3.63, 3.8) is 0 Å². The predicted octanol–water partition coefficient (Wildman–Crippen LogP) is 2.18. The molecule has 0 saturated carbocycles. The Bertz CT molecular complexity index is 433. The van der Waals surface area contributed by atoms with Crippen LogP contribution in [0.25, 0.3) is 0 Å². The third kappa shape index (κ3) is 2.64. The molecule has 1 aromatic carbocycles. The highest BCUT2D eigenvalue weighted by Crippen LogP contribution is 2.21. The van der Waals surface area contributed by atoms with Gasteiger partial charge in [0.25, 0.3) is 0 Å². The van der Waals surface area contributed by atoms with Gasteiger partial charge in [-0.1, -0.05) is 12.1 Å². The van der Waals surface area contributed by atoms with E-state index < -0.39 is 5.97 Å². The summed E-state index contributed by atoms with van der Waals surface area (Å²) in [7, 11) is 0. The minimum absolute atomic E-state index is 0.218. The topological polar surface area (TPSA) is 40.5 Å². The van der Waals surface area contributed by atoms with E-state index in [1.54, 1.807) is 19.1 Å². The lowest BCUT2D eigenvalue weighted by atomic mass is 10.1. The third-order valence-corrected chi connectivity index (χ3v) is 3.26. The Morgan fingerprint density at radius 2 is 2.35 bits per heavy atom. The Morgan fingerprint density at radius 3 is 3.00 bits per heavy atom. The van der Waals surface area contributed by atoms with Crippen LogP contribution in [0.4, 0.5) is 4.39 Å². The molecule has 1 aliphatic heterocycles. The van der Waals surface area contributed by atoms with Gasteiger partial charge in [0.05, 0.1) is 0 Å². The standard InChI is InChI=1S/C13H16FNO2/c1-9-7-10(4-5-11(9)14)8-15-6-2-3-12(15)13(16)17/h4-5,7,12H,2-3,6,8H2,1H3,(H,16,17)/t12-/m1/s1. The van der Waals surface area contributed by atoms with Crippen LogP contribution in [0, 0.1) is 12.7 Å². The summed E-state index contributed by atoms with van der Waals surface area (Å²) in [6.45, 7) is 3.10. The van der Waals surface area contributed by atoms with Crippen LogP contribution < -0.4 is 0 Å². The first-order valence-electron chi connectivity index (χ1n) is 5.80. The molecule has 2 rings (SSSR count). The van der Waals surface area contributed by atoms with Crippen LogP contribution >= 0.6 is 0 Å². The first-order chi connectivity index (χ1) is 8.08. The molecule has 1 aliphatic rings. The van der Waals surface area contributed by atoms with Gasteiger partial charge in [-0.25, -0.2) is 4.39 Å². The third-order valence-electron chi connectivity index (χ3n) is 3.26. The summed E-state index contributed by atoms with van der Waals surface area (Å²) in [4.78, 5) is 13.0. The van der Waals surface area contributed by atoms with Crippen LogP contribution in [-0.4, -0.2) is 28.6 Å². The summed E-state index contributed by atoms with van der Waals surface area (Å²) in [5.74, 6) is -0.980. The number of carboxylic acids is 1. The highest BCUT2D eigenvalue weighted by Gasteiger charge is 2.30. The summed E-state index contributed by atoms with van der Waals surface area (Å²) in [5.41, 5.74) is 1.57. The molecule has 3 nitrogen and oxygen atoms in total. The molecule has 17 heavy (non-hydrogen) atoms. The zero-order chi connectivity index (χ0) is 12.4. The molecule has 1 fully saturated rings. The van der Waals surface area contributed by atoms with Gasteiger partial charge in [0, 0.05) is 6.54 Å². The van der Waals surface area contributed by atoms with Crippen LogP contribution in [0.3, 0.4) is 0 Å². The molecule has 92 valence electrons. The van der Waals surface area contributed by atoms with E-state index in [0.29, 0.717) is 18.5 Å². The second-order valence-corrected chi connectivity index (χ2v) is 4.55. The van der Waals surface area contributed by atoms with Crippen molar-refractivity contribution in [1.29, 1.82) is 0 Å². The number of benzene rings is 1. The van der Waals surface area contributed by atoms with E-state index in [4.69, 9.17) is 5.11 Å². The fourth-order valence-corrected chi connectivity index (χ4v) is 2.33. The molecule has 1 N–H and O–H groups in total. The lowest BCUT2D eigenvalue weighted by molar-refractivity contribution is -0.142. The van der Waals surface area contributed by atoms with Crippen LogP contribution in [0.5, 0.6) is 0 Å². The monoisotopic (exact) mass is 237 g/mol. The molecule has 0 unspecified atom stereocenters. The lowest BCUT2D eigenvalue weighted by Gasteiger charge is -2.21. The molecular formula is C13H16FNO2. The van der Waals surface area contributed by atoms with Gasteiger partial charge in [-0.05, 0) is 43.5 Å². The summed E-state index contributed by atoms with van der Waals surface area (Å²) in [5, 5.41) is 9.06. The zero-order valence-electron chi connectivity index (χ0n) is 9.82. The molecule has 0 radical (unpaired) electrons. The van der Waals surface area contributed by atoms with Crippen LogP contribution in [-0.2, 0) is 11.3 Å². The van der Waals surface area contributed by atoms with Crippen LogP contribution in [0.15, 0.2) is 18.2 Å². The number of nitrogens with zero attached hydrogens (tertiary/aromatic N) is 1. The molecule has 0 amide bonds. The first-order valence-corrected chi connectivity index (χ1v) is 5.80. The van der Waals surface area contributed by atoms with Gasteiger partial charge in [-0.2, -0.15) is 0 Å². The average molecular weight is 237 g/mol. The number of halogens is 1. The first kappa shape index (κ1) is 12.0. The fraction of sp³-hybridized carbons (Fsp3) is 0.462. The van der Waals surface area contributed by atoms with E-state index in [9.17, 15) is 9.18 Å². The number of hydrogen-bond donors (Lipinski definition) is 1. The molecule has 0 bridgehead atoms. The number of likely N-dealkylation sites (tertiary alicyclic amines) is 1. The number of aryl methyl sites for hydroxylation is 1. The van der Waals surface area contributed by atoms with E-state index in [1.807, 2.05) is 4.90 Å². The van der Waals surface area contributed by atoms with Crippen LogP contribution in [0.1, 0.15) is 24.0 Å². The SMILES string of the molecule is Cc1cc(CN2CCC[C@@H]2C(=O)O)ccc1F. The van der Waals surface area contributed by atoms with Crippen molar-refractivity contribution in [3.05, 3.63) is 35.1 Å². The van der Waals surface area contributed by atoms with Gasteiger partial charge in [0.2, 0.25) is 0 Å². The van der Waals surface area contributed by atoms with Crippen LogP contribution in [0.2, 0.25) is 0 Å². The minimum Gasteiger partial charge on any atom is -0.480 e. The minimum atomic E-state index is -0.763. The molecule has 1 atom stereocenters. The molecule has 4 heteroatoms. The molecular weight excluding hydrogens is 221 g/mol. The summed E-state index contributed by atoms with van der Waals surface area (Å²) in [6, 6.07) is 4.56. The Balaban J connectivity index is 2.09. The molecule has 0 aliphatic carbocycles. The Hall–Kier alpha value is -1.42. The summed E-state index contributed by atoms with van der Waals surface area (Å²) >= 11 is 0. The van der Waals surface area contributed by atoms with Crippen molar-refractivity contribution in [2.24, 2.45) is 0 Å². The van der Waals surface area contributed by atoms with Crippen molar-refractivity contribution in [2.45, 2.75) is 32.4 Å². The predicted molar refractivity (Wildman–Crippen MR) is 62.2 cm³/mol. The maximum Gasteiger partial charge on any atom is 0.320 e. The summed E-state index contributed by atoms with van der Waals surface area (Å²) < 4.78 is 13.1. The van der Waals surface area contributed by atoms with Crippen molar-refractivity contribution in [1.82, 2.24) is 4.90 Å². The average Bonchev–Trinajstić information content (AvgIpc) is 2.72. The highest BCUT2D eigenvalue weighted by molar-refractivity contribution is 5.73. The van der Waals surface area contributed by atoms with Gasteiger partial charge >= 0.3 is 5.97 Å². The number of aliphatic carboxylic acids is 1. The van der Waals surface area contributed by atoms with Crippen molar-refractivity contribution >= 4 is 5.97 Å². The van der Waals surface area contributed by atoms with E-state index in [2.05, 4.69) is 0 Å². The number of carboxylic acid groups (broad SMARTS) is 1. The van der Waals surface area contributed by atoms with E-state index >= 15 is 0 Å².